The largest absolute Gasteiger partial charge is 0.496 e. The Morgan fingerprint density at radius 3 is 2.62 bits per heavy atom. The fraction of sp³-hybridized carbons (Fsp3) is 0.167. The molecule has 0 unspecified atom stereocenters. The Balaban J connectivity index is 1.56. The van der Waals surface area contributed by atoms with E-state index in [9.17, 15) is 14.4 Å². The van der Waals surface area contributed by atoms with E-state index in [4.69, 9.17) is 13.9 Å². The number of ether oxygens (including phenoxy) is 2. The third-order valence-corrected chi connectivity index (χ3v) is 7.39. The van der Waals surface area contributed by atoms with Gasteiger partial charge in [-0.15, -0.1) is 0 Å². The summed E-state index contributed by atoms with van der Waals surface area (Å²) in [6.45, 7) is 0.586. The second-order valence-corrected chi connectivity index (χ2v) is 9.43. The van der Waals surface area contributed by atoms with Crippen LogP contribution in [0.5, 0.6) is 11.5 Å². The quantitative estimate of drug-likeness (QED) is 0.267. The van der Waals surface area contributed by atoms with E-state index < -0.39 is 11.9 Å². The second kappa shape index (κ2) is 7.93. The van der Waals surface area contributed by atoms with Crippen molar-refractivity contribution in [3.8, 4) is 22.8 Å². The predicted octanol–water partition coefficient (Wildman–Crippen LogP) is 4.78. The van der Waals surface area contributed by atoms with Crippen LogP contribution in [-0.4, -0.2) is 17.6 Å². The monoisotopic (exact) mass is 491 g/mol. The van der Waals surface area contributed by atoms with E-state index in [1.165, 1.54) is 19.2 Å². The van der Waals surface area contributed by atoms with Crippen LogP contribution < -0.4 is 20.5 Å². The lowest BCUT2D eigenvalue weighted by molar-refractivity contribution is -0.135. The Labute approximate surface area is 210 Å². The number of carbonyl (C=O) groups excluding carboxylic acids is 1. The summed E-state index contributed by atoms with van der Waals surface area (Å²) in [5.41, 5.74) is 3.61. The summed E-state index contributed by atoms with van der Waals surface area (Å²) >= 11 is 0. The van der Waals surface area contributed by atoms with Crippen LogP contribution in [0.15, 0.2) is 80.7 Å². The molecule has 7 heteroatoms. The van der Waals surface area contributed by atoms with Crippen LogP contribution in [0.3, 0.4) is 0 Å². The summed E-state index contributed by atoms with van der Waals surface area (Å²) in [7, 11) is 1.45. The molecular weight excluding hydrogens is 470 g/mol. The van der Waals surface area contributed by atoms with E-state index in [-0.39, 0.29) is 39.9 Å². The molecule has 2 aromatic heterocycles. The molecular formula is C30H21NO6. The van der Waals surface area contributed by atoms with E-state index >= 15 is 0 Å². The molecule has 2 aliphatic heterocycles. The molecule has 0 fully saturated rings. The number of aromatic nitrogens is 1. The highest BCUT2D eigenvalue weighted by Crippen LogP contribution is 2.46. The van der Waals surface area contributed by atoms with Crippen molar-refractivity contribution in [3.63, 3.8) is 0 Å². The van der Waals surface area contributed by atoms with Crippen LogP contribution in [0.4, 0.5) is 0 Å². The molecule has 0 spiro atoms. The van der Waals surface area contributed by atoms with Crippen LogP contribution in [0, 0.1) is 0 Å². The third-order valence-electron chi connectivity index (χ3n) is 7.39. The van der Waals surface area contributed by atoms with Gasteiger partial charge in [-0.05, 0) is 23.4 Å². The topological polar surface area (TPSA) is 87.7 Å². The fourth-order valence-electron chi connectivity index (χ4n) is 5.76. The SMILES string of the molecule is COc1cc2c(c3oc(-c4ccccc4)cc(=O)c13)[C@H](c1cc3cccc4c3n(c1=O)CC4)CC(=O)O2. The Bertz CT molecular complexity index is 1880. The summed E-state index contributed by atoms with van der Waals surface area (Å²) in [4.78, 5) is 39.9. The van der Waals surface area contributed by atoms with Crippen molar-refractivity contribution >= 4 is 27.8 Å². The zero-order chi connectivity index (χ0) is 25.3. The summed E-state index contributed by atoms with van der Waals surface area (Å²) in [6.07, 6.45) is 0.739. The molecule has 0 saturated carbocycles. The van der Waals surface area contributed by atoms with Crippen molar-refractivity contribution in [1.82, 2.24) is 4.57 Å². The first-order valence-electron chi connectivity index (χ1n) is 12.1. The minimum atomic E-state index is -0.649. The van der Waals surface area contributed by atoms with Gasteiger partial charge in [0, 0.05) is 41.3 Å². The molecule has 0 aliphatic carbocycles. The molecule has 7 nitrogen and oxygen atoms in total. The van der Waals surface area contributed by atoms with Gasteiger partial charge in [0.1, 0.15) is 28.2 Å². The zero-order valence-corrected chi connectivity index (χ0v) is 19.9. The number of aryl methyl sites for hydroxylation is 2. The highest BCUT2D eigenvalue weighted by molar-refractivity contribution is 5.94. The Morgan fingerprint density at radius 2 is 1.81 bits per heavy atom. The Kier molecular flexibility index (Phi) is 4.63. The van der Waals surface area contributed by atoms with Gasteiger partial charge in [-0.2, -0.15) is 0 Å². The number of hydrogen-bond donors (Lipinski definition) is 0. The average molecular weight is 491 g/mol. The maximum Gasteiger partial charge on any atom is 0.312 e. The van der Waals surface area contributed by atoms with Crippen molar-refractivity contribution in [2.45, 2.75) is 25.3 Å². The highest BCUT2D eigenvalue weighted by atomic mass is 16.5. The molecule has 0 N–H and O–H groups in total. The molecule has 37 heavy (non-hydrogen) atoms. The molecule has 1 atom stereocenters. The van der Waals surface area contributed by atoms with Crippen LogP contribution in [-0.2, 0) is 17.8 Å². The van der Waals surface area contributed by atoms with Crippen molar-refractivity contribution < 1.29 is 18.7 Å². The Hall–Kier alpha value is -4.65. The van der Waals surface area contributed by atoms with E-state index in [2.05, 4.69) is 0 Å². The molecule has 4 heterocycles. The van der Waals surface area contributed by atoms with E-state index in [1.807, 2.05) is 54.6 Å². The van der Waals surface area contributed by atoms with Gasteiger partial charge in [0.2, 0.25) is 0 Å². The van der Waals surface area contributed by atoms with Crippen molar-refractivity contribution in [2.75, 3.05) is 7.11 Å². The maximum atomic E-state index is 13.8. The van der Waals surface area contributed by atoms with Gasteiger partial charge >= 0.3 is 5.97 Å². The van der Waals surface area contributed by atoms with Crippen LogP contribution in [0.25, 0.3) is 33.2 Å². The number of methoxy groups -OCH3 is 1. The Morgan fingerprint density at radius 1 is 0.973 bits per heavy atom. The molecule has 0 radical (unpaired) electrons. The van der Waals surface area contributed by atoms with E-state index in [0.29, 0.717) is 23.4 Å². The van der Waals surface area contributed by atoms with Crippen LogP contribution >= 0.6 is 0 Å². The lowest BCUT2D eigenvalue weighted by Crippen LogP contribution is -2.29. The maximum absolute atomic E-state index is 13.8. The second-order valence-electron chi connectivity index (χ2n) is 9.43. The number of pyridine rings is 1. The minimum Gasteiger partial charge on any atom is -0.496 e. The van der Waals surface area contributed by atoms with Crippen molar-refractivity contribution in [3.05, 3.63) is 104 Å². The van der Waals surface area contributed by atoms with Gasteiger partial charge in [-0.25, -0.2) is 0 Å². The van der Waals surface area contributed by atoms with Gasteiger partial charge in [0.15, 0.2) is 5.43 Å². The fourth-order valence-corrected chi connectivity index (χ4v) is 5.76. The van der Waals surface area contributed by atoms with Gasteiger partial charge in [-0.1, -0.05) is 48.5 Å². The zero-order valence-electron chi connectivity index (χ0n) is 19.9. The smallest absolute Gasteiger partial charge is 0.312 e. The summed E-state index contributed by atoms with van der Waals surface area (Å²) in [5, 5.41) is 1.19. The van der Waals surface area contributed by atoms with Gasteiger partial charge in [0.05, 0.1) is 19.0 Å². The summed E-state index contributed by atoms with van der Waals surface area (Å²) < 4.78 is 19.3. The summed E-state index contributed by atoms with van der Waals surface area (Å²) in [6, 6.07) is 20.1. The van der Waals surface area contributed by atoms with Crippen molar-refractivity contribution in [2.24, 2.45) is 0 Å². The number of nitrogens with zero attached hydrogens (tertiary/aromatic N) is 1. The van der Waals surface area contributed by atoms with Crippen LogP contribution in [0.2, 0.25) is 0 Å². The molecule has 7 rings (SSSR count). The van der Waals surface area contributed by atoms with Gasteiger partial charge in [0.25, 0.3) is 5.56 Å². The first kappa shape index (κ1) is 21.6. The first-order valence-corrected chi connectivity index (χ1v) is 12.1. The molecule has 0 saturated heterocycles. The molecule has 182 valence electrons. The number of fused-ring (bicyclic) bond motifs is 3. The van der Waals surface area contributed by atoms with Gasteiger partial charge in [-0.3, -0.25) is 14.4 Å². The minimum absolute atomic E-state index is 0.0475. The molecule has 5 aromatic rings. The van der Waals surface area contributed by atoms with Crippen molar-refractivity contribution in [1.29, 1.82) is 0 Å². The highest BCUT2D eigenvalue weighted by Gasteiger charge is 2.36. The predicted molar refractivity (Wildman–Crippen MR) is 138 cm³/mol. The third kappa shape index (κ3) is 3.17. The molecule has 0 amide bonds. The standard InChI is InChI=1S/C30H21NO6/c1-35-23-15-24-26(29-27(23)21(32)14-22(37-29)16-6-3-2-4-7-16)19(13-25(33)36-24)20-12-18-9-5-8-17-10-11-31(28(17)18)30(20)34/h2-9,12,14-15,19H,10-11,13H2,1H3/t19-/m0/s1. The lowest BCUT2D eigenvalue weighted by Gasteiger charge is -2.26. The number of rotatable bonds is 3. The molecule has 2 aliphatic rings. The first-order chi connectivity index (χ1) is 18.0. The van der Waals surface area contributed by atoms with E-state index in [1.54, 1.807) is 4.57 Å². The average Bonchev–Trinajstić information content (AvgIpc) is 3.35. The van der Waals surface area contributed by atoms with E-state index in [0.717, 1.165) is 28.5 Å². The number of carbonyl (C=O) groups is 1. The summed E-state index contributed by atoms with van der Waals surface area (Å²) in [5.74, 6) is -0.260. The van der Waals surface area contributed by atoms with Gasteiger partial charge < -0.3 is 18.5 Å². The number of benzene rings is 3. The molecule has 0 bridgehead atoms. The number of hydrogen-bond acceptors (Lipinski definition) is 6. The lowest BCUT2D eigenvalue weighted by atomic mass is 9.85. The van der Waals surface area contributed by atoms with Crippen LogP contribution in [0.1, 0.15) is 29.0 Å². The number of esters is 1. The number of para-hydroxylation sites is 1. The normalized spacial score (nSPS) is 16.1. The molecule has 3 aromatic carbocycles.